The van der Waals surface area contributed by atoms with Crippen LogP contribution in [0.1, 0.15) is 30.0 Å². The quantitative estimate of drug-likeness (QED) is 0.672. The normalized spacial score (nSPS) is 26.5. The van der Waals surface area contributed by atoms with E-state index >= 15 is 0 Å². The topological polar surface area (TPSA) is 64.1 Å². The summed E-state index contributed by atoms with van der Waals surface area (Å²) in [4.78, 5) is 0. The molecule has 1 saturated heterocycles. The average molecular weight is 205 g/mol. The summed E-state index contributed by atoms with van der Waals surface area (Å²) in [5.41, 5.74) is 14.1. The Morgan fingerprint density at radius 1 is 1.27 bits per heavy atom. The van der Waals surface area contributed by atoms with Gasteiger partial charge in [-0.3, -0.25) is 0 Å². The van der Waals surface area contributed by atoms with Crippen LogP contribution in [0, 0.1) is 0 Å². The van der Waals surface area contributed by atoms with Crippen LogP contribution in [-0.4, -0.2) is 12.6 Å². The minimum Gasteiger partial charge on any atom is -0.326 e. The number of benzene rings is 1. The molecule has 3 heteroatoms. The van der Waals surface area contributed by atoms with E-state index in [4.69, 9.17) is 11.5 Å². The lowest BCUT2D eigenvalue weighted by molar-refractivity contribution is 0.358. The van der Waals surface area contributed by atoms with Gasteiger partial charge in [0.05, 0.1) is 0 Å². The van der Waals surface area contributed by atoms with Crippen molar-refractivity contribution >= 4 is 0 Å². The van der Waals surface area contributed by atoms with Crippen molar-refractivity contribution in [2.45, 2.75) is 31.5 Å². The molecule has 1 aromatic carbocycles. The molecule has 2 unspecified atom stereocenters. The van der Waals surface area contributed by atoms with Crippen LogP contribution in [0.5, 0.6) is 0 Å². The fourth-order valence-corrected chi connectivity index (χ4v) is 2.14. The zero-order valence-electron chi connectivity index (χ0n) is 8.95. The Kier molecular flexibility index (Phi) is 3.36. The molecule has 1 aromatic rings. The molecule has 2 atom stereocenters. The fourth-order valence-electron chi connectivity index (χ4n) is 2.14. The van der Waals surface area contributed by atoms with Crippen molar-refractivity contribution in [1.29, 1.82) is 0 Å². The highest BCUT2D eigenvalue weighted by atomic mass is 15.0. The first-order valence-electron chi connectivity index (χ1n) is 5.59. The van der Waals surface area contributed by atoms with Crippen LogP contribution < -0.4 is 16.8 Å². The van der Waals surface area contributed by atoms with Crippen LogP contribution >= 0.6 is 0 Å². The Morgan fingerprint density at radius 3 is 2.60 bits per heavy atom. The first-order valence-corrected chi connectivity index (χ1v) is 5.59. The molecular formula is C12H19N3. The van der Waals surface area contributed by atoms with E-state index in [1.165, 1.54) is 17.5 Å². The van der Waals surface area contributed by atoms with Crippen LogP contribution in [0.4, 0.5) is 0 Å². The van der Waals surface area contributed by atoms with E-state index in [0.29, 0.717) is 12.6 Å². The summed E-state index contributed by atoms with van der Waals surface area (Å²) in [7, 11) is 0. The second-order valence-corrected chi connectivity index (χ2v) is 4.18. The molecule has 5 N–H and O–H groups in total. The molecule has 1 aliphatic heterocycles. The number of nitrogens with two attached hydrogens (primary N) is 2. The maximum Gasteiger partial charge on any atom is 0.0473 e. The summed E-state index contributed by atoms with van der Waals surface area (Å²) in [6.07, 6.45) is 2.29. The van der Waals surface area contributed by atoms with Gasteiger partial charge in [-0.25, -0.2) is 0 Å². The molecule has 0 aliphatic carbocycles. The van der Waals surface area contributed by atoms with Crippen LogP contribution in [-0.2, 0) is 6.54 Å². The number of hydrogen-bond donors (Lipinski definition) is 3. The molecule has 1 fully saturated rings. The predicted molar refractivity (Wildman–Crippen MR) is 62.3 cm³/mol. The van der Waals surface area contributed by atoms with E-state index in [1.807, 2.05) is 0 Å². The maximum absolute atomic E-state index is 6.09. The molecule has 3 nitrogen and oxygen atoms in total. The van der Waals surface area contributed by atoms with Crippen molar-refractivity contribution in [1.82, 2.24) is 5.32 Å². The molecule has 0 spiro atoms. The van der Waals surface area contributed by atoms with Gasteiger partial charge in [0.15, 0.2) is 0 Å². The van der Waals surface area contributed by atoms with Gasteiger partial charge in [-0.2, -0.15) is 0 Å². The number of hydrogen-bond acceptors (Lipinski definition) is 3. The molecule has 1 heterocycles. The van der Waals surface area contributed by atoms with Crippen molar-refractivity contribution in [3.05, 3.63) is 35.4 Å². The fraction of sp³-hybridized carbons (Fsp3) is 0.500. The largest absolute Gasteiger partial charge is 0.326 e. The lowest BCUT2D eigenvalue weighted by atomic mass is 9.92. The summed E-state index contributed by atoms with van der Waals surface area (Å²) in [5.74, 6) is 0. The van der Waals surface area contributed by atoms with Crippen LogP contribution in [0.15, 0.2) is 24.3 Å². The number of piperidine rings is 1. The molecule has 82 valence electrons. The van der Waals surface area contributed by atoms with Gasteiger partial charge in [0.2, 0.25) is 0 Å². The molecule has 1 aliphatic rings. The van der Waals surface area contributed by atoms with E-state index in [9.17, 15) is 0 Å². The van der Waals surface area contributed by atoms with Crippen molar-refractivity contribution < 1.29 is 0 Å². The van der Waals surface area contributed by atoms with E-state index in [2.05, 4.69) is 29.6 Å². The first kappa shape index (κ1) is 10.6. The SMILES string of the molecule is NCc1ccc(C2NCCCC2N)cc1. The maximum atomic E-state index is 6.09. The van der Waals surface area contributed by atoms with Crippen LogP contribution in [0.3, 0.4) is 0 Å². The number of nitrogens with one attached hydrogen (secondary N) is 1. The van der Waals surface area contributed by atoms with Gasteiger partial charge in [-0.1, -0.05) is 24.3 Å². The second kappa shape index (κ2) is 4.75. The average Bonchev–Trinajstić information content (AvgIpc) is 2.30. The van der Waals surface area contributed by atoms with Crippen molar-refractivity contribution in [3.8, 4) is 0 Å². The molecule has 0 radical (unpaired) electrons. The number of rotatable bonds is 2. The molecule has 2 rings (SSSR count). The highest BCUT2D eigenvalue weighted by Crippen LogP contribution is 2.22. The molecule has 15 heavy (non-hydrogen) atoms. The Balaban J connectivity index is 2.13. The van der Waals surface area contributed by atoms with E-state index in [1.54, 1.807) is 0 Å². The van der Waals surface area contributed by atoms with Crippen LogP contribution in [0.2, 0.25) is 0 Å². The lowest BCUT2D eigenvalue weighted by Gasteiger charge is -2.30. The highest BCUT2D eigenvalue weighted by Gasteiger charge is 2.22. The molecule has 0 bridgehead atoms. The third-order valence-corrected chi connectivity index (χ3v) is 3.08. The highest BCUT2D eigenvalue weighted by molar-refractivity contribution is 5.26. The van der Waals surface area contributed by atoms with Crippen molar-refractivity contribution in [2.24, 2.45) is 11.5 Å². The zero-order chi connectivity index (χ0) is 10.7. The summed E-state index contributed by atoms with van der Waals surface area (Å²) in [6.45, 7) is 1.67. The third-order valence-electron chi connectivity index (χ3n) is 3.08. The standard InChI is InChI=1S/C12H19N3/c13-8-9-3-5-10(6-4-9)12-11(14)2-1-7-15-12/h3-6,11-12,15H,1-2,7-8,13-14H2. The Hall–Kier alpha value is -0.900. The van der Waals surface area contributed by atoms with Gasteiger partial charge in [0, 0.05) is 18.6 Å². The molecule has 0 saturated carbocycles. The Morgan fingerprint density at radius 2 is 2.00 bits per heavy atom. The van der Waals surface area contributed by atoms with E-state index in [0.717, 1.165) is 13.0 Å². The summed E-state index contributed by atoms with van der Waals surface area (Å²) in [6, 6.07) is 8.97. The monoisotopic (exact) mass is 205 g/mol. The molecule has 0 aromatic heterocycles. The zero-order valence-corrected chi connectivity index (χ0v) is 8.95. The first-order chi connectivity index (χ1) is 7.31. The molecule has 0 amide bonds. The second-order valence-electron chi connectivity index (χ2n) is 4.18. The minimum absolute atomic E-state index is 0.238. The van der Waals surface area contributed by atoms with Crippen LogP contribution in [0.25, 0.3) is 0 Å². The van der Waals surface area contributed by atoms with E-state index < -0.39 is 0 Å². The Labute approximate surface area is 90.8 Å². The summed E-state index contributed by atoms with van der Waals surface area (Å²) < 4.78 is 0. The predicted octanol–water partition coefficient (Wildman–Crippen LogP) is 0.897. The van der Waals surface area contributed by atoms with Crippen molar-refractivity contribution in [2.75, 3.05) is 6.54 Å². The Bertz CT molecular complexity index is 307. The van der Waals surface area contributed by atoms with Gasteiger partial charge in [0.1, 0.15) is 0 Å². The van der Waals surface area contributed by atoms with Gasteiger partial charge in [-0.15, -0.1) is 0 Å². The van der Waals surface area contributed by atoms with Crippen molar-refractivity contribution in [3.63, 3.8) is 0 Å². The van der Waals surface area contributed by atoms with Gasteiger partial charge < -0.3 is 16.8 Å². The smallest absolute Gasteiger partial charge is 0.0473 e. The van der Waals surface area contributed by atoms with Gasteiger partial charge in [0.25, 0.3) is 0 Å². The van der Waals surface area contributed by atoms with Gasteiger partial charge >= 0.3 is 0 Å². The summed E-state index contributed by atoms with van der Waals surface area (Å²) >= 11 is 0. The molecular weight excluding hydrogens is 186 g/mol. The third kappa shape index (κ3) is 2.37. The minimum atomic E-state index is 0.238. The summed E-state index contributed by atoms with van der Waals surface area (Å²) in [5, 5.41) is 3.47. The van der Waals surface area contributed by atoms with Gasteiger partial charge in [-0.05, 0) is 30.5 Å². The lowest BCUT2D eigenvalue weighted by Crippen LogP contribution is -2.42. The van der Waals surface area contributed by atoms with E-state index in [-0.39, 0.29) is 6.04 Å².